The van der Waals surface area contributed by atoms with Crippen molar-refractivity contribution >= 4 is 28.7 Å². The second kappa shape index (κ2) is 4.63. The molecule has 0 aromatic carbocycles. The Kier molecular flexibility index (Phi) is 2.75. The van der Waals surface area contributed by atoms with Crippen molar-refractivity contribution in [1.82, 2.24) is 19.6 Å². The van der Waals surface area contributed by atoms with E-state index in [2.05, 4.69) is 20.4 Å². The van der Waals surface area contributed by atoms with Crippen LogP contribution in [0.4, 0.5) is 5.82 Å². The average molecular weight is 299 g/mol. The molecule has 0 radical (unpaired) electrons. The van der Waals surface area contributed by atoms with E-state index in [4.69, 9.17) is 0 Å². The molecule has 1 aliphatic carbocycles. The van der Waals surface area contributed by atoms with Gasteiger partial charge in [-0.2, -0.15) is 9.61 Å². The van der Waals surface area contributed by atoms with E-state index in [0.717, 1.165) is 10.7 Å². The Hall–Kier alpha value is -2.28. The van der Waals surface area contributed by atoms with Crippen LogP contribution in [-0.4, -0.2) is 25.5 Å². The number of anilines is 1. The first-order valence-electron chi connectivity index (χ1n) is 6.80. The van der Waals surface area contributed by atoms with E-state index in [1.165, 1.54) is 24.2 Å². The minimum atomic E-state index is -0.139. The first-order valence-corrected chi connectivity index (χ1v) is 7.61. The molecule has 1 fully saturated rings. The second-order valence-corrected chi connectivity index (χ2v) is 6.16. The molecule has 6 nitrogen and oxygen atoms in total. The number of thiazole rings is 1. The standard InChI is InChI=1S/C14H13N5OS/c1-8-12(21-14(17-8)9-2-3-9)13(20)18-11-4-6-15-10-5-7-16-19(10)11/h4-7,9H,2-3H2,1H3,(H,18,20). The Labute approximate surface area is 124 Å². The van der Waals surface area contributed by atoms with Crippen molar-refractivity contribution in [2.45, 2.75) is 25.7 Å². The van der Waals surface area contributed by atoms with Gasteiger partial charge in [-0.15, -0.1) is 11.3 Å². The van der Waals surface area contributed by atoms with Crippen molar-refractivity contribution in [3.8, 4) is 0 Å². The van der Waals surface area contributed by atoms with Gasteiger partial charge in [0.15, 0.2) is 5.65 Å². The van der Waals surface area contributed by atoms with Gasteiger partial charge in [0.2, 0.25) is 0 Å². The zero-order chi connectivity index (χ0) is 14.4. The molecule has 0 spiro atoms. The van der Waals surface area contributed by atoms with Gasteiger partial charge in [-0.1, -0.05) is 0 Å². The van der Waals surface area contributed by atoms with Crippen LogP contribution in [0.5, 0.6) is 0 Å². The lowest BCUT2D eigenvalue weighted by atomic mass is 10.3. The van der Waals surface area contributed by atoms with Crippen LogP contribution in [0.3, 0.4) is 0 Å². The number of hydrogen-bond acceptors (Lipinski definition) is 5. The molecule has 0 aliphatic heterocycles. The third-order valence-electron chi connectivity index (χ3n) is 3.48. The summed E-state index contributed by atoms with van der Waals surface area (Å²) in [6.45, 7) is 1.88. The van der Waals surface area contributed by atoms with Crippen LogP contribution in [0.15, 0.2) is 24.5 Å². The number of carbonyl (C=O) groups is 1. The fraction of sp³-hybridized carbons (Fsp3) is 0.286. The zero-order valence-corrected chi connectivity index (χ0v) is 12.2. The molecule has 1 aliphatic rings. The van der Waals surface area contributed by atoms with Crippen molar-refractivity contribution in [2.24, 2.45) is 0 Å². The highest BCUT2D eigenvalue weighted by Gasteiger charge is 2.29. The van der Waals surface area contributed by atoms with Crippen LogP contribution in [0.2, 0.25) is 0 Å². The maximum atomic E-state index is 12.5. The maximum Gasteiger partial charge on any atom is 0.268 e. The first-order chi connectivity index (χ1) is 10.2. The molecular formula is C14H13N5OS. The quantitative estimate of drug-likeness (QED) is 0.807. The SMILES string of the molecule is Cc1nc(C2CC2)sc1C(=O)Nc1ccnc2ccnn12. The molecule has 1 N–H and O–H groups in total. The number of aryl methyl sites for hydroxylation is 1. The van der Waals surface area contributed by atoms with E-state index in [9.17, 15) is 4.79 Å². The van der Waals surface area contributed by atoms with E-state index in [-0.39, 0.29) is 5.91 Å². The monoisotopic (exact) mass is 299 g/mol. The number of rotatable bonds is 3. The van der Waals surface area contributed by atoms with Gasteiger partial charge in [-0.3, -0.25) is 4.79 Å². The predicted molar refractivity (Wildman–Crippen MR) is 79.8 cm³/mol. The maximum absolute atomic E-state index is 12.5. The van der Waals surface area contributed by atoms with Crippen LogP contribution >= 0.6 is 11.3 Å². The summed E-state index contributed by atoms with van der Waals surface area (Å²) in [4.78, 5) is 21.8. The summed E-state index contributed by atoms with van der Waals surface area (Å²) in [6, 6.07) is 3.52. The summed E-state index contributed by atoms with van der Waals surface area (Å²) >= 11 is 1.50. The molecule has 4 rings (SSSR count). The molecule has 3 heterocycles. The Balaban J connectivity index is 1.64. The lowest BCUT2D eigenvalue weighted by molar-refractivity contribution is 0.102. The second-order valence-electron chi connectivity index (χ2n) is 5.13. The molecule has 0 bridgehead atoms. The Bertz CT molecular complexity index is 833. The van der Waals surface area contributed by atoms with Gasteiger partial charge in [0, 0.05) is 18.2 Å². The third kappa shape index (κ3) is 2.19. The molecule has 21 heavy (non-hydrogen) atoms. The summed E-state index contributed by atoms with van der Waals surface area (Å²) in [7, 11) is 0. The van der Waals surface area contributed by atoms with E-state index in [1.54, 1.807) is 29.0 Å². The molecule has 1 amide bonds. The van der Waals surface area contributed by atoms with Gasteiger partial charge in [0.1, 0.15) is 10.7 Å². The van der Waals surface area contributed by atoms with Gasteiger partial charge >= 0.3 is 0 Å². The predicted octanol–water partition coefficient (Wildman–Crippen LogP) is 2.62. The minimum Gasteiger partial charge on any atom is -0.306 e. The van der Waals surface area contributed by atoms with Crippen molar-refractivity contribution in [2.75, 3.05) is 5.32 Å². The minimum absolute atomic E-state index is 0.139. The zero-order valence-electron chi connectivity index (χ0n) is 11.4. The van der Waals surface area contributed by atoms with Crippen LogP contribution in [-0.2, 0) is 0 Å². The van der Waals surface area contributed by atoms with Crippen molar-refractivity contribution in [3.05, 3.63) is 40.1 Å². The van der Waals surface area contributed by atoms with Gasteiger partial charge in [0.05, 0.1) is 16.9 Å². The van der Waals surface area contributed by atoms with Gasteiger partial charge in [0.25, 0.3) is 5.91 Å². The largest absolute Gasteiger partial charge is 0.306 e. The first kappa shape index (κ1) is 12.5. The van der Waals surface area contributed by atoms with Crippen LogP contribution in [0.25, 0.3) is 5.65 Å². The van der Waals surface area contributed by atoms with E-state index >= 15 is 0 Å². The molecule has 0 saturated heterocycles. The number of aromatic nitrogens is 4. The molecule has 3 aromatic heterocycles. The molecule has 7 heteroatoms. The summed E-state index contributed by atoms with van der Waals surface area (Å²) in [5.74, 6) is 1.03. The summed E-state index contributed by atoms with van der Waals surface area (Å²) in [6.07, 6.45) is 5.68. The average Bonchev–Trinajstić information content (AvgIpc) is 3.07. The van der Waals surface area contributed by atoms with E-state index in [0.29, 0.717) is 22.3 Å². The fourth-order valence-electron chi connectivity index (χ4n) is 2.24. The number of nitrogens with one attached hydrogen (secondary N) is 1. The normalized spacial score (nSPS) is 14.5. The lowest BCUT2D eigenvalue weighted by Gasteiger charge is -2.05. The molecule has 0 unspecified atom stereocenters. The summed E-state index contributed by atoms with van der Waals surface area (Å²) in [5.41, 5.74) is 1.50. The third-order valence-corrected chi connectivity index (χ3v) is 4.80. The van der Waals surface area contributed by atoms with Gasteiger partial charge in [-0.25, -0.2) is 9.97 Å². The highest BCUT2D eigenvalue weighted by Crippen LogP contribution is 2.42. The highest BCUT2D eigenvalue weighted by molar-refractivity contribution is 7.14. The molecule has 0 atom stereocenters. The number of fused-ring (bicyclic) bond motifs is 1. The molecule has 3 aromatic rings. The van der Waals surface area contributed by atoms with E-state index in [1.807, 2.05) is 6.92 Å². The van der Waals surface area contributed by atoms with Crippen LogP contribution < -0.4 is 5.32 Å². The smallest absolute Gasteiger partial charge is 0.268 e. The highest BCUT2D eigenvalue weighted by atomic mass is 32.1. The topological polar surface area (TPSA) is 72.2 Å². The van der Waals surface area contributed by atoms with Crippen molar-refractivity contribution in [1.29, 1.82) is 0 Å². The Morgan fingerprint density at radius 2 is 2.24 bits per heavy atom. The molecule has 1 saturated carbocycles. The number of amides is 1. The lowest BCUT2D eigenvalue weighted by Crippen LogP contribution is -2.14. The number of nitrogens with zero attached hydrogens (tertiary/aromatic N) is 4. The molecular weight excluding hydrogens is 286 g/mol. The van der Waals surface area contributed by atoms with Crippen molar-refractivity contribution in [3.63, 3.8) is 0 Å². The van der Waals surface area contributed by atoms with Crippen molar-refractivity contribution < 1.29 is 4.79 Å². The molecule has 106 valence electrons. The van der Waals surface area contributed by atoms with Gasteiger partial charge < -0.3 is 5.32 Å². The fourth-order valence-corrected chi connectivity index (χ4v) is 3.37. The number of carbonyl (C=O) groups excluding carboxylic acids is 1. The van der Waals surface area contributed by atoms with E-state index < -0.39 is 0 Å². The Morgan fingerprint density at radius 1 is 1.38 bits per heavy atom. The van der Waals surface area contributed by atoms with Crippen LogP contribution in [0, 0.1) is 6.92 Å². The Morgan fingerprint density at radius 3 is 3.05 bits per heavy atom. The van der Waals surface area contributed by atoms with Gasteiger partial charge in [-0.05, 0) is 25.8 Å². The number of hydrogen-bond donors (Lipinski definition) is 1. The van der Waals surface area contributed by atoms with Crippen LogP contribution in [0.1, 0.15) is 39.1 Å². The summed E-state index contributed by atoms with van der Waals surface area (Å²) in [5, 5.41) is 8.13. The summed E-state index contributed by atoms with van der Waals surface area (Å²) < 4.78 is 1.61.